The number of carboxylic acid groups (broad SMARTS) is 1. The molecule has 0 aromatic rings. The highest BCUT2D eigenvalue weighted by molar-refractivity contribution is 5.70. The van der Waals surface area contributed by atoms with Crippen molar-refractivity contribution in [3.63, 3.8) is 0 Å². The zero-order valence-corrected chi connectivity index (χ0v) is 43.9. The van der Waals surface area contributed by atoms with Crippen molar-refractivity contribution in [2.24, 2.45) is 0 Å². The van der Waals surface area contributed by atoms with Gasteiger partial charge in [-0.1, -0.05) is 210 Å². The van der Waals surface area contributed by atoms with Crippen LogP contribution in [0.1, 0.15) is 251 Å². The highest BCUT2D eigenvalue weighted by Crippen LogP contribution is 2.16. The molecule has 0 aliphatic rings. The van der Waals surface area contributed by atoms with E-state index >= 15 is 0 Å². The second-order valence-corrected chi connectivity index (χ2v) is 19.8. The fraction of sp³-hybridized carbons (Fsp3) is 0.810. The number of carboxylic acids is 1. The fourth-order valence-corrected chi connectivity index (χ4v) is 8.15. The molecule has 0 aliphatic carbocycles. The van der Waals surface area contributed by atoms with Gasteiger partial charge in [0.2, 0.25) is 0 Å². The standard InChI is InChI=1S/C58H105NO7/c1-6-8-10-12-14-16-18-20-22-24-26-27-28-29-31-32-34-36-38-40-42-44-46-48-56(60)65-53-54(52-64-51-50-55(58(62)63)59(3,4)5)66-57(61)49-47-45-43-41-39-37-35-33-30-25-23-21-19-17-15-13-11-9-7-2/h15,17,19,21,26-27,29,31,54-55H,6-14,16,18,20,22-25,28,30,32-53H2,1-5H3/b17-15+,21-19+,27-26+,31-29+. The van der Waals surface area contributed by atoms with Crippen molar-refractivity contribution in [3.8, 4) is 0 Å². The van der Waals surface area contributed by atoms with Crippen molar-refractivity contribution < 1.29 is 38.2 Å². The van der Waals surface area contributed by atoms with Crippen LogP contribution in [0.15, 0.2) is 48.6 Å². The first-order chi connectivity index (χ1) is 32.1. The van der Waals surface area contributed by atoms with Crippen molar-refractivity contribution in [2.75, 3.05) is 41.0 Å². The van der Waals surface area contributed by atoms with E-state index in [9.17, 15) is 19.5 Å². The van der Waals surface area contributed by atoms with Gasteiger partial charge in [-0.05, 0) is 70.6 Å². The molecule has 0 heterocycles. The number of unbranched alkanes of at least 4 members (excludes halogenated alkanes) is 29. The molecule has 0 bridgehead atoms. The molecule has 0 aromatic heterocycles. The van der Waals surface area contributed by atoms with Gasteiger partial charge in [0.25, 0.3) is 0 Å². The van der Waals surface area contributed by atoms with E-state index < -0.39 is 18.1 Å². The minimum atomic E-state index is -1.13. The topological polar surface area (TPSA) is 102 Å². The van der Waals surface area contributed by atoms with E-state index in [2.05, 4.69) is 62.5 Å². The van der Waals surface area contributed by atoms with E-state index in [1.165, 1.54) is 167 Å². The lowest BCUT2D eigenvalue weighted by Crippen LogP contribution is -2.55. The molecule has 0 aliphatic heterocycles. The monoisotopic (exact) mass is 928 g/mol. The van der Waals surface area contributed by atoms with Crippen molar-refractivity contribution >= 4 is 17.9 Å². The third-order valence-corrected chi connectivity index (χ3v) is 12.5. The van der Waals surface area contributed by atoms with Crippen molar-refractivity contribution in [1.29, 1.82) is 0 Å². The Morgan fingerprint density at radius 1 is 0.470 bits per heavy atom. The summed E-state index contributed by atoms with van der Waals surface area (Å²) in [7, 11) is 5.42. The quantitative estimate of drug-likeness (QED) is 0.0197. The fourth-order valence-electron chi connectivity index (χ4n) is 8.15. The van der Waals surface area contributed by atoms with Gasteiger partial charge in [-0.2, -0.15) is 0 Å². The van der Waals surface area contributed by atoms with Gasteiger partial charge in [0.05, 0.1) is 40.3 Å². The van der Waals surface area contributed by atoms with E-state index in [0.29, 0.717) is 12.8 Å². The summed E-state index contributed by atoms with van der Waals surface area (Å²) in [5, 5.41) is 11.7. The Hall–Kier alpha value is -2.71. The molecule has 0 saturated heterocycles. The van der Waals surface area contributed by atoms with Crippen LogP contribution in [-0.2, 0) is 28.6 Å². The molecule has 0 rings (SSSR count). The number of likely N-dealkylation sites (N-methyl/N-ethyl adjacent to an activating group) is 1. The lowest BCUT2D eigenvalue weighted by molar-refractivity contribution is -0.889. The maximum absolute atomic E-state index is 12.8. The average molecular weight is 928 g/mol. The molecular weight excluding hydrogens is 823 g/mol. The molecule has 384 valence electrons. The second kappa shape index (κ2) is 48.7. The first-order valence-corrected chi connectivity index (χ1v) is 27.7. The van der Waals surface area contributed by atoms with Gasteiger partial charge in [-0.25, -0.2) is 0 Å². The number of hydrogen-bond donors (Lipinski definition) is 0. The van der Waals surface area contributed by atoms with Crippen LogP contribution in [-0.4, -0.2) is 75.5 Å². The maximum atomic E-state index is 12.8. The summed E-state index contributed by atoms with van der Waals surface area (Å²) in [6, 6.07) is -0.729. The van der Waals surface area contributed by atoms with Gasteiger partial charge in [0, 0.05) is 19.3 Å². The van der Waals surface area contributed by atoms with Crippen LogP contribution in [0.4, 0.5) is 0 Å². The lowest BCUT2D eigenvalue weighted by atomic mass is 10.1. The summed E-state index contributed by atoms with van der Waals surface area (Å²) in [5.41, 5.74) is 0. The largest absolute Gasteiger partial charge is 0.544 e. The number of ether oxygens (including phenoxy) is 3. The van der Waals surface area contributed by atoms with Crippen molar-refractivity contribution in [2.45, 2.75) is 264 Å². The van der Waals surface area contributed by atoms with Gasteiger partial charge in [-0.15, -0.1) is 0 Å². The highest BCUT2D eigenvalue weighted by Gasteiger charge is 2.25. The summed E-state index contributed by atoms with van der Waals surface area (Å²) in [6.07, 6.45) is 60.0. The summed E-state index contributed by atoms with van der Waals surface area (Å²) < 4.78 is 17.3. The molecule has 0 N–H and O–H groups in total. The van der Waals surface area contributed by atoms with Crippen LogP contribution in [0.3, 0.4) is 0 Å². The zero-order chi connectivity index (χ0) is 48.4. The third kappa shape index (κ3) is 46.4. The molecule has 0 amide bonds. The van der Waals surface area contributed by atoms with Crippen LogP contribution in [0.25, 0.3) is 0 Å². The van der Waals surface area contributed by atoms with E-state index in [-0.39, 0.29) is 42.7 Å². The Morgan fingerprint density at radius 3 is 1.29 bits per heavy atom. The molecule has 0 saturated carbocycles. The molecule has 2 unspecified atom stereocenters. The summed E-state index contributed by atoms with van der Waals surface area (Å²) in [4.78, 5) is 37.1. The summed E-state index contributed by atoms with van der Waals surface area (Å²) in [6.45, 7) is 4.65. The number of carbonyl (C=O) groups is 3. The number of esters is 2. The van der Waals surface area contributed by atoms with Gasteiger partial charge in [-0.3, -0.25) is 9.59 Å². The maximum Gasteiger partial charge on any atom is 0.306 e. The first kappa shape index (κ1) is 63.3. The van der Waals surface area contributed by atoms with Gasteiger partial charge in [0.15, 0.2) is 6.10 Å². The summed E-state index contributed by atoms with van der Waals surface area (Å²) in [5.74, 6) is -1.74. The molecule has 0 fully saturated rings. The molecule has 66 heavy (non-hydrogen) atoms. The lowest BCUT2D eigenvalue weighted by Gasteiger charge is -2.34. The number of nitrogens with zero attached hydrogens (tertiary/aromatic N) is 1. The Labute approximate surface area is 407 Å². The number of carbonyl (C=O) groups excluding carboxylic acids is 3. The number of rotatable bonds is 50. The van der Waals surface area contributed by atoms with E-state index in [1.54, 1.807) is 21.1 Å². The van der Waals surface area contributed by atoms with E-state index in [4.69, 9.17) is 14.2 Å². The smallest absolute Gasteiger partial charge is 0.306 e. The number of quaternary nitrogens is 1. The molecule has 8 nitrogen and oxygen atoms in total. The normalized spacial score (nSPS) is 13.2. The van der Waals surface area contributed by atoms with Crippen LogP contribution in [0.5, 0.6) is 0 Å². The Balaban J connectivity index is 4.21. The van der Waals surface area contributed by atoms with Gasteiger partial charge < -0.3 is 28.6 Å². The zero-order valence-electron chi connectivity index (χ0n) is 43.9. The van der Waals surface area contributed by atoms with Crippen molar-refractivity contribution in [3.05, 3.63) is 48.6 Å². The second-order valence-electron chi connectivity index (χ2n) is 19.8. The van der Waals surface area contributed by atoms with Gasteiger partial charge in [0.1, 0.15) is 12.6 Å². The molecule has 2 atom stereocenters. The van der Waals surface area contributed by atoms with Crippen LogP contribution in [0.2, 0.25) is 0 Å². The van der Waals surface area contributed by atoms with Crippen LogP contribution in [0, 0.1) is 0 Å². The minimum Gasteiger partial charge on any atom is -0.544 e. The highest BCUT2D eigenvalue weighted by atomic mass is 16.6. The molecular formula is C58H105NO7. The van der Waals surface area contributed by atoms with Crippen LogP contribution >= 0.6 is 0 Å². The molecule has 0 aromatic carbocycles. The number of aliphatic carboxylic acids is 1. The summed E-state index contributed by atoms with van der Waals surface area (Å²) >= 11 is 0. The molecule has 0 radical (unpaired) electrons. The minimum absolute atomic E-state index is 0.0372. The van der Waals surface area contributed by atoms with E-state index in [1.807, 2.05) is 0 Å². The Bertz CT molecular complexity index is 1220. The SMILES string of the molecule is CCCCC/C=C/C=C/CCCCCCCCCCCCC(=O)OC(COCCC(C(=O)[O-])[N+](C)(C)C)COC(=O)CCCCCCCCC/C=C/C/C=C/CCCCCCCCCCC. The molecule has 0 spiro atoms. The third-order valence-electron chi connectivity index (χ3n) is 12.5. The number of hydrogen-bond acceptors (Lipinski definition) is 7. The van der Waals surface area contributed by atoms with Crippen LogP contribution < -0.4 is 5.11 Å². The number of allylic oxidation sites excluding steroid dienone is 8. The molecule has 8 heteroatoms. The Kier molecular flexibility index (Phi) is 46.7. The van der Waals surface area contributed by atoms with Gasteiger partial charge >= 0.3 is 11.9 Å². The van der Waals surface area contributed by atoms with E-state index in [0.717, 1.165) is 51.4 Å². The van der Waals surface area contributed by atoms with Crippen molar-refractivity contribution in [1.82, 2.24) is 0 Å². The predicted octanol–water partition coefficient (Wildman–Crippen LogP) is 15.0. The first-order valence-electron chi connectivity index (χ1n) is 27.7. The Morgan fingerprint density at radius 2 is 0.848 bits per heavy atom. The predicted molar refractivity (Wildman–Crippen MR) is 277 cm³/mol. The average Bonchev–Trinajstić information content (AvgIpc) is 3.28.